The zero-order valence-electron chi connectivity index (χ0n) is 16.4. The van der Waals surface area contributed by atoms with E-state index in [0.717, 1.165) is 22.1 Å². The molecule has 0 aliphatic carbocycles. The van der Waals surface area contributed by atoms with Crippen molar-refractivity contribution < 1.29 is 37.9 Å². The second-order valence-electron chi connectivity index (χ2n) is 7.12. The topological polar surface area (TPSA) is 52.6 Å². The van der Waals surface area contributed by atoms with Gasteiger partial charge in [-0.3, -0.25) is 9.59 Å². The van der Waals surface area contributed by atoms with E-state index in [1.54, 1.807) is 0 Å². The number of ether oxygens (including phenoxy) is 2. The molecule has 0 atom stereocenters. The van der Waals surface area contributed by atoms with Gasteiger partial charge in [0.2, 0.25) is 0 Å². The SMILES string of the molecule is CC(=O)OCC[N+](C)(C)C.CC(=O)OCC[N+](C)(C)C.[S]=[W](=[S])([S-])[S-]. The number of likely N-dealkylation sites (N-methyl/N-ethyl adjacent to an activating group) is 2. The van der Waals surface area contributed by atoms with Crippen LogP contribution in [0.25, 0.3) is 0 Å². The van der Waals surface area contributed by atoms with Crippen molar-refractivity contribution in [2.75, 3.05) is 68.6 Å². The number of esters is 2. The average molecular weight is 605 g/mol. The molecule has 0 saturated carbocycles. The van der Waals surface area contributed by atoms with Gasteiger partial charge < -0.3 is 18.4 Å². The summed E-state index contributed by atoms with van der Waals surface area (Å²) in [5.74, 6) is -0.401. The number of carbonyl (C=O) groups excluding carboxylic acids is 2. The van der Waals surface area contributed by atoms with Gasteiger partial charge in [-0.25, -0.2) is 0 Å². The van der Waals surface area contributed by atoms with Crippen molar-refractivity contribution in [1.82, 2.24) is 0 Å². The van der Waals surface area contributed by atoms with E-state index in [2.05, 4.69) is 82.6 Å². The second kappa shape index (κ2) is 14.7. The first-order chi connectivity index (χ1) is 10.8. The average Bonchev–Trinajstić information content (AvgIpc) is 2.22. The molecule has 0 spiro atoms. The van der Waals surface area contributed by atoms with E-state index in [0.29, 0.717) is 13.2 Å². The van der Waals surface area contributed by atoms with Crippen molar-refractivity contribution in [3.63, 3.8) is 0 Å². The molecule has 0 aromatic carbocycles. The Hall–Kier alpha value is 0.688. The van der Waals surface area contributed by atoms with Gasteiger partial charge in [-0.05, 0) is 0 Å². The molecule has 0 aromatic heterocycles. The van der Waals surface area contributed by atoms with Crippen LogP contribution in [-0.4, -0.2) is 89.5 Å². The van der Waals surface area contributed by atoms with Gasteiger partial charge in [0, 0.05) is 13.8 Å². The normalized spacial score (nSPS) is 11.3. The molecular formula is C14H32N2O4S4W. The first kappa shape index (κ1) is 30.4. The third-order valence-electron chi connectivity index (χ3n) is 2.13. The summed E-state index contributed by atoms with van der Waals surface area (Å²) in [5.41, 5.74) is 0. The van der Waals surface area contributed by atoms with Crippen LogP contribution in [0.2, 0.25) is 0 Å². The van der Waals surface area contributed by atoms with Crippen LogP contribution >= 0.6 is 19.6 Å². The van der Waals surface area contributed by atoms with Crippen LogP contribution in [0.4, 0.5) is 0 Å². The summed E-state index contributed by atoms with van der Waals surface area (Å²) in [4.78, 5) is 20.6. The van der Waals surface area contributed by atoms with Gasteiger partial charge >= 0.3 is 62.1 Å². The predicted octanol–water partition coefficient (Wildman–Crippen LogP) is 1.80. The van der Waals surface area contributed by atoms with Crippen molar-refractivity contribution in [2.45, 2.75) is 13.8 Å². The van der Waals surface area contributed by atoms with Crippen molar-refractivity contribution in [2.24, 2.45) is 0 Å². The van der Waals surface area contributed by atoms with Crippen molar-refractivity contribution in [1.29, 1.82) is 0 Å². The third kappa shape index (κ3) is 58.9. The van der Waals surface area contributed by atoms with E-state index in [1.165, 1.54) is 13.8 Å². The van der Waals surface area contributed by atoms with Crippen LogP contribution in [0.3, 0.4) is 0 Å². The Bertz CT molecular complexity index is 448. The monoisotopic (exact) mass is 604 g/mol. The predicted molar refractivity (Wildman–Crippen MR) is 109 cm³/mol. The van der Waals surface area contributed by atoms with Crippen LogP contribution in [0.1, 0.15) is 13.8 Å². The molecule has 6 nitrogen and oxygen atoms in total. The molecule has 0 amide bonds. The van der Waals surface area contributed by atoms with Crippen LogP contribution in [0, 0.1) is 0 Å². The van der Waals surface area contributed by atoms with Gasteiger partial charge in [0.05, 0.1) is 42.3 Å². The summed E-state index contributed by atoms with van der Waals surface area (Å²) in [5, 5.41) is 0. The number of hydrogen-bond donors (Lipinski definition) is 0. The summed E-state index contributed by atoms with van der Waals surface area (Å²) in [6.07, 6.45) is 0. The maximum absolute atomic E-state index is 10.3. The zero-order chi connectivity index (χ0) is 20.9. The maximum atomic E-state index is 10.3. The van der Waals surface area contributed by atoms with Crippen LogP contribution in [0.5, 0.6) is 0 Å². The molecule has 0 fully saturated rings. The Balaban J connectivity index is -0.000000308. The van der Waals surface area contributed by atoms with Gasteiger partial charge in [-0.2, -0.15) is 0 Å². The minimum absolute atomic E-state index is 0.201. The molecule has 0 saturated heterocycles. The van der Waals surface area contributed by atoms with E-state index in [1.807, 2.05) is 0 Å². The Morgan fingerprint density at radius 1 is 0.800 bits per heavy atom. The van der Waals surface area contributed by atoms with E-state index in [4.69, 9.17) is 9.47 Å². The second-order valence-corrected chi connectivity index (χ2v) is 36.8. The number of carbonyl (C=O) groups is 2. The quantitative estimate of drug-likeness (QED) is 0.259. The minimum atomic E-state index is -2.83. The van der Waals surface area contributed by atoms with Crippen molar-refractivity contribution in [3.05, 3.63) is 0 Å². The zero-order valence-corrected chi connectivity index (χ0v) is 22.6. The van der Waals surface area contributed by atoms with Crippen molar-refractivity contribution in [3.8, 4) is 0 Å². The molecule has 0 radical (unpaired) electrons. The molecule has 152 valence electrons. The number of nitrogens with zero attached hydrogens (tertiary/aromatic N) is 2. The van der Waals surface area contributed by atoms with E-state index >= 15 is 0 Å². The fourth-order valence-corrected chi connectivity index (χ4v) is 0.926. The molecule has 0 bridgehead atoms. The van der Waals surface area contributed by atoms with E-state index in [-0.39, 0.29) is 11.9 Å². The summed E-state index contributed by atoms with van der Waals surface area (Å²) in [6.45, 7) is 5.60. The van der Waals surface area contributed by atoms with Crippen molar-refractivity contribution >= 4 is 52.2 Å². The Morgan fingerprint density at radius 2 is 1.00 bits per heavy atom. The van der Waals surface area contributed by atoms with Gasteiger partial charge in [-0.15, -0.1) is 0 Å². The standard InChI is InChI=1S/2C7H16NO2.4S.W/c2*1-7(9)10-6-5-8(2,3)4;;;;;/h2*5-6H2,1-4H3;;;;;/q2*+1;;;2*-1;. The first-order valence-electron chi connectivity index (χ1n) is 7.38. The van der Waals surface area contributed by atoms with Gasteiger partial charge in [0.25, 0.3) is 0 Å². The van der Waals surface area contributed by atoms with Gasteiger partial charge in [0.1, 0.15) is 26.3 Å². The molecule has 0 aliphatic rings. The first-order valence-corrected chi connectivity index (χ1v) is 23.1. The Morgan fingerprint density at radius 3 is 1.12 bits per heavy atom. The summed E-state index contributed by atoms with van der Waals surface area (Å²) >= 11 is 0. The Labute approximate surface area is 171 Å². The number of hydrogen-bond acceptors (Lipinski definition) is 8. The summed E-state index contributed by atoms with van der Waals surface area (Å²) < 4.78 is 11.2. The molecule has 25 heavy (non-hydrogen) atoms. The molecule has 0 aromatic rings. The Kier molecular flexibility index (Phi) is 17.9. The van der Waals surface area contributed by atoms with Crippen LogP contribution < -0.4 is 0 Å². The molecule has 11 heteroatoms. The molecular weight excluding hydrogens is 572 g/mol. The molecule has 0 heterocycles. The van der Waals surface area contributed by atoms with Crippen LogP contribution in [-0.2, 0) is 49.6 Å². The third-order valence-corrected chi connectivity index (χ3v) is 2.13. The van der Waals surface area contributed by atoms with E-state index < -0.39 is 9.86 Å². The summed E-state index contributed by atoms with van der Waals surface area (Å²) in [7, 11) is 27.4. The molecule has 0 aliphatic heterocycles. The molecule has 0 unspecified atom stereocenters. The number of rotatable bonds is 6. The summed E-state index contributed by atoms with van der Waals surface area (Å²) in [6, 6.07) is 0. The number of quaternary nitrogens is 2. The van der Waals surface area contributed by atoms with Gasteiger partial charge in [-0.1, -0.05) is 0 Å². The van der Waals surface area contributed by atoms with Gasteiger partial charge in [0.15, 0.2) is 0 Å². The fourth-order valence-electron chi connectivity index (χ4n) is 0.926. The van der Waals surface area contributed by atoms with E-state index in [9.17, 15) is 9.59 Å². The molecule has 0 N–H and O–H groups in total. The molecule has 0 rings (SSSR count). The fraction of sp³-hybridized carbons (Fsp3) is 0.857. The van der Waals surface area contributed by atoms with Crippen LogP contribution in [0.15, 0.2) is 0 Å².